The first-order valence-electron chi connectivity index (χ1n) is 8.48. The molecule has 1 heterocycles. The van der Waals surface area contributed by atoms with E-state index in [9.17, 15) is 19.8 Å². The number of rotatable bonds is 7. The Morgan fingerprint density at radius 3 is 2.30 bits per heavy atom. The molecule has 6 nitrogen and oxygen atoms in total. The van der Waals surface area contributed by atoms with Crippen LogP contribution in [-0.2, 0) is 22.6 Å². The van der Waals surface area contributed by atoms with Crippen molar-refractivity contribution < 1.29 is 24.5 Å². The lowest BCUT2D eigenvalue weighted by Gasteiger charge is -2.17. The summed E-state index contributed by atoms with van der Waals surface area (Å²) in [7, 11) is 0. The van der Waals surface area contributed by atoms with Gasteiger partial charge in [0, 0.05) is 23.1 Å². The Kier molecular flexibility index (Phi) is 5.35. The van der Waals surface area contributed by atoms with E-state index >= 15 is 0 Å². The van der Waals surface area contributed by atoms with Gasteiger partial charge in [0.05, 0.1) is 5.52 Å². The summed E-state index contributed by atoms with van der Waals surface area (Å²) in [5.74, 6) is -3.74. The zero-order valence-corrected chi connectivity index (χ0v) is 14.8. The van der Waals surface area contributed by atoms with Crippen molar-refractivity contribution in [2.75, 3.05) is 0 Å². The standard InChI is InChI=1S/C21H19NO5/c1-13-18(11-16(20(23)24)21(25)26)22-17-10-6-5-9-15(17)19(13)27-12-14-7-3-2-4-8-14/h2-10,16H,11-12H2,1H3,(H,23,24)(H,25,26). The van der Waals surface area contributed by atoms with E-state index in [2.05, 4.69) is 4.98 Å². The molecule has 0 radical (unpaired) electrons. The molecule has 2 aromatic carbocycles. The summed E-state index contributed by atoms with van der Waals surface area (Å²) in [4.78, 5) is 27.0. The molecule has 0 atom stereocenters. The van der Waals surface area contributed by atoms with E-state index in [0.717, 1.165) is 10.9 Å². The van der Waals surface area contributed by atoms with Crippen molar-refractivity contribution in [1.29, 1.82) is 0 Å². The largest absolute Gasteiger partial charge is 0.488 e. The number of para-hydroxylation sites is 1. The average molecular weight is 365 g/mol. The lowest BCUT2D eigenvalue weighted by Crippen LogP contribution is -2.26. The molecule has 0 unspecified atom stereocenters. The second kappa shape index (κ2) is 7.86. The van der Waals surface area contributed by atoms with Crippen LogP contribution in [-0.4, -0.2) is 27.1 Å². The van der Waals surface area contributed by atoms with E-state index in [4.69, 9.17) is 4.74 Å². The molecule has 0 amide bonds. The normalized spacial score (nSPS) is 10.9. The van der Waals surface area contributed by atoms with Crippen LogP contribution in [0.5, 0.6) is 5.75 Å². The minimum Gasteiger partial charge on any atom is -0.488 e. The Morgan fingerprint density at radius 2 is 1.63 bits per heavy atom. The highest BCUT2D eigenvalue weighted by atomic mass is 16.5. The van der Waals surface area contributed by atoms with Gasteiger partial charge in [-0.15, -0.1) is 0 Å². The number of carboxylic acids is 2. The van der Waals surface area contributed by atoms with E-state index in [1.165, 1.54) is 0 Å². The second-order valence-corrected chi connectivity index (χ2v) is 6.24. The van der Waals surface area contributed by atoms with Crippen LogP contribution in [0, 0.1) is 12.8 Å². The van der Waals surface area contributed by atoms with Gasteiger partial charge in [-0.1, -0.05) is 42.5 Å². The van der Waals surface area contributed by atoms with Crippen molar-refractivity contribution in [3.63, 3.8) is 0 Å². The topological polar surface area (TPSA) is 96.7 Å². The Bertz CT molecular complexity index is 971. The average Bonchev–Trinajstić information content (AvgIpc) is 2.66. The SMILES string of the molecule is Cc1c(CC(C(=O)O)C(=O)O)nc2ccccc2c1OCc1ccccc1. The first-order valence-corrected chi connectivity index (χ1v) is 8.48. The maximum absolute atomic E-state index is 11.3. The van der Waals surface area contributed by atoms with E-state index in [1.54, 1.807) is 13.0 Å². The van der Waals surface area contributed by atoms with Crippen molar-refractivity contribution in [2.45, 2.75) is 20.0 Å². The van der Waals surface area contributed by atoms with Crippen LogP contribution in [0.3, 0.4) is 0 Å². The van der Waals surface area contributed by atoms with Gasteiger partial charge >= 0.3 is 11.9 Å². The zero-order valence-electron chi connectivity index (χ0n) is 14.8. The van der Waals surface area contributed by atoms with E-state index in [0.29, 0.717) is 29.1 Å². The molecular weight excluding hydrogens is 346 g/mol. The van der Waals surface area contributed by atoms with Crippen LogP contribution in [0.1, 0.15) is 16.8 Å². The van der Waals surface area contributed by atoms with Crippen molar-refractivity contribution >= 4 is 22.8 Å². The highest BCUT2D eigenvalue weighted by Crippen LogP contribution is 2.32. The third-order valence-corrected chi connectivity index (χ3v) is 4.40. The maximum Gasteiger partial charge on any atom is 0.318 e. The maximum atomic E-state index is 11.3. The minimum absolute atomic E-state index is 0.205. The van der Waals surface area contributed by atoms with E-state index in [1.807, 2.05) is 48.5 Å². The highest BCUT2D eigenvalue weighted by Gasteiger charge is 2.28. The number of aromatic nitrogens is 1. The van der Waals surface area contributed by atoms with Gasteiger partial charge in [0.15, 0.2) is 5.92 Å². The van der Waals surface area contributed by atoms with Crippen molar-refractivity contribution in [1.82, 2.24) is 4.98 Å². The molecule has 0 aliphatic rings. The van der Waals surface area contributed by atoms with Crippen molar-refractivity contribution in [2.24, 2.45) is 5.92 Å². The molecule has 1 aromatic heterocycles. The lowest BCUT2D eigenvalue weighted by atomic mass is 9.98. The summed E-state index contributed by atoms with van der Waals surface area (Å²) in [6, 6.07) is 17.0. The van der Waals surface area contributed by atoms with Gasteiger partial charge < -0.3 is 14.9 Å². The fourth-order valence-corrected chi connectivity index (χ4v) is 2.91. The van der Waals surface area contributed by atoms with Crippen LogP contribution >= 0.6 is 0 Å². The number of carboxylic acid groups (broad SMARTS) is 2. The number of aliphatic carboxylic acids is 2. The van der Waals surface area contributed by atoms with Gasteiger partial charge in [-0.05, 0) is 24.6 Å². The van der Waals surface area contributed by atoms with Crippen LogP contribution in [0.4, 0.5) is 0 Å². The molecule has 3 rings (SSSR count). The number of hydrogen-bond acceptors (Lipinski definition) is 4. The number of hydrogen-bond donors (Lipinski definition) is 2. The number of nitrogens with zero attached hydrogens (tertiary/aromatic N) is 1. The summed E-state index contributed by atoms with van der Waals surface area (Å²) >= 11 is 0. The Labute approximate surface area is 156 Å². The molecule has 0 saturated heterocycles. The molecule has 6 heteroatoms. The molecule has 0 aliphatic carbocycles. The Morgan fingerprint density at radius 1 is 1.00 bits per heavy atom. The van der Waals surface area contributed by atoms with Crippen LogP contribution in [0.25, 0.3) is 10.9 Å². The van der Waals surface area contributed by atoms with Gasteiger partial charge in [-0.25, -0.2) is 0 Å². The molecule has 0 saturated carbocycles. The monoisotopic (exact) mass is 365 g/mol. The molecule has 3 aromatic rings. The predicted molar refractivity (Wildman–Crippen MR) is 99.7 cm³/mol. The van der Waals surface area contributed by atoms with Crippen LogP contribution < -0.4 is 4.74 Å². The summed E-state index contributed by atoms with van der Waals surface area (Å²) in [5, 5.41) is 19.2. The molecular formula is C21H19NO5. The van der Waals surface area contributed by atoms with Crippen molar-refractivity contribution in [3.05, 3.63) is 71.4 Å². The van der Waals surface area contributed by atoms with Crippen LogP contribution in [0.15, 0.2) is 54.6 Å². The Hall–Kier alpha value is -3.41. The molecule has 2 N–H and O–H groups in total. The van der Waals surface area contributed by atoms with Crippen LogP contribution in [0.2, 0.25) is 0 Å². The quantitative estimate of drug-likeness (QED) is 0.623. The molecule has 0 aliphatic heterocycles. The number of fused-ring (bicyclic) bond motifs is 1. The fraction of sp³-hybridized carbons (Fsp3) is 0.190. The molecule has 27 heavy (non-hydrogen) atoms. The fourth-order valence-electron chi connectivity index (χ4n) is 2.91. The van der Waals surface area contributed by atoms with Gasteiger partial charge in [-0.3, -0.25) is 14.6 Å². The summed E-state index contributed by atoms with van der Waals surface area (Å²) < 4.78 is 6.04. The van der Waals surface area contributed by atoms with Crippen molar-refractivity contribution in [3.8, 4) is 5.75 Å². The van der Waals surface area contributed by atoms with Gasteiger partial charge in [0.25, 0.3) is 0 Å². The third-order valence-electron chi connectivity index (χ3n) is 4.40. The lowest BCUT2D eigenvalue weighted by molar-refractivity contribution is -0.154. The zero-order chi connectivity index (χ0) is 19.4. The summed E-state index contributed by atoms with van der Waals surface area (Å²) in [6.45, 7) is 2.12. The number of benzene rings is 2. The molecule has 138 valence electrons. The smallest absolute Gasteiger partial charge is 0.318 e. The second-order valence-electron chi connectivity index (χ2n) is 6.24. The number of ether oxygens (including phenoxy) is 1. The number of carbonyl (C=O) groups is 2. The summed E-state index contributed by atoms with van der Waals surface area (Å²) in [5.41, 5.74) is 2.69. The predicted octanol–water partition coefficient (Wildman–Crippen LogP) is 3.45. The van der Waals surface area contributed by atoms with E-state index in [-0.39, 0.29) is 6.42 Å². The number of pyridine rings is 1. The first-order chi connectivity index (χ1) is 13.0. The van der Waals surface area contributed by atoms with E-state index < -0.39 is 17.9 Å². The minimum atomic E-state index is -1.56. The summed E-state index contributed by atoms with van der Waals surface area (Å²) in [6.07, 6.45) is -0.205. The molecule has 0 bridgehead atoms. The van der Waals surface area contributed by atoms with Gasteiger partial charge in [-0.2, -0.15) is 0 Å². The Balaban J connectivity index is 2.01. The third kappa shape index (κ3) is 4.06. The molecule has 0 fully saturated rings. The van der Waals surface area contributed by atoms with Gasteiger partial charge in [0.2, 0.25) is 0 Å². The highest BCUT2D eigenvalue weighted by molar-refractivity contribution is 5.93. The molecule has 0 spiro atoms. The van der Waals surface area contributed by atoms with Gasteiger partial charge in [0.1, 0.15) is 12.4 Å². The first kappa shape index (κ1) is 18.4.